The summed E-state index contributed by atoms with van der Waals surface area (Å²) < 4.78 is 0. The Hall–Kier alpha value is -0.180. The molecule has 0 heterocycles. The fourth-order valence-corrected chi connectivity index (χ4v) is 5.92. The van der Waals surface area contributed by atoms with E-state index in [9.17, 15) is 4.79 Å². The van der Waals surface area contributed by atoms with Crippen LogP contribution in [0.25, 0.3) is 0 Å². The van der Waals surface area contributed by atoms with Gasteiger partial charge in [-0.25, -0.2) is 0 Å². The van der Waals surface area contributed by atoms with Crippen LogP contribution in [0.15, 0.2) is 0 Å². The Bertz CT molecular complexity index is 344. The highest BCUT2D eigenvalue weighted by Crippen LogP contribution is 2.55. The topological polar surface area (TPSA) is 29.1 Å². The molecule has 0 aromatic heterocycles. The summed E-state index contributed by atoms with van der Waals surface area (Å²) >= 11 is 1.81. The van der Waals surface area contributed by atoms with E-state index in [0.29, 0.717) is 5.92 Å². The van der Waals surface area contributed by atoms with E-state index in [1.807, 2.05) is 11.8 Å². The number of carbonyl (C=O) groups excluding carboxylic acids is 1. The molecule has 0 spiro atoms. The lowest BCUT2D eigenvalue weighted by molar-refractivity contribution is -0.126. The first-order valence-electron chi connectivity index (χ1n) is 8.39. The maximum absolute atomic E-state index is 12.5. The third-order valence-electron chi connectivity index (χ3n) is 5.48. The second-order valence-corrected chi connectivity index (χ2v) is 9.43. The first kappa shape index (κ1) is 14.7. The molecule has 0 saturated heterocycles. The van der Waals surface area contributed by atoms with Crippen molar-refractivity contribution in [2.75, 3.05) is 5.75 Å². The summed E-state index contributed by atoms with van der Waals surface area (Å²) in [5.74, 6) is 4.74. The summed E-state index contributed by atoms with van der Waals surface area (Å²) in [6.07, 6.45) is 8.08. The van der Waals surface area contributed by atoms with Crippen molar-refractivity contribution in [1.29, 1.82) is 0 Å². The average Bonchev–Trinajstić information content (AvgIpc) is 2.33. The van der Waals surface area contributed by atoms with Crippen LogP contribution in [0.2, 0.25) is 0 Å². The third-order valence-corrected chi connectivity index (χ3v) is 7.05. The van der Waals surface area contributed by atoms with Crippen LogP contribution >= 0.6 is 11.8 Å². The summed E-state index contributed by atoms with van der Waals surface area (Å²) in [5, 5.41) is 3.59. The van der Waals surface area contributed by atoms with E-state index in [-0.39, 0.29) is 16.7 Å². The van der Waals surface area contributed by atoms with Gasteiger partial charge in [0.25, 0.3) is 0 Å². The Morgan fingerprint density at radius 2 is 1.60 bits per heavy atom. The molecule has 1 amide bonds. The first-order chi connectivity index (χ1) is 9.46. The van der Waals surface area contributed by atoms with Gasteiger partial charge in [0.2, 0.25) is 5.91 Å². The Labute approximate surface area is 127 Å². The van der Waals surface area contributed by atoms with Crippen LogP contribution in [0, 0.1) is 23.7 Å². The number of hydrogen-bond donors (Lipinski definition) is 1. The zero-order chi connectivity index (χ0) is 14.3. The van der Waals surface area contributed by atoms with Crippen LogP contribution in [-0.2, 0) is 4.79 Å². The van der Waals surface area contributed by atoms with Gasteiger partial charge in [-0.15, -0.1) is 11.8 Å². The lowest BCUT2D eigenvalue weighted by atomic mass is 9.53. The molecular formula is C17H29NOS. The summed E-state index contributed by atoms with van der Waals surface area (Å²) in [5.41, 5.74) is 0.179. The summed E-state index contributed by atoms with van der Waals surface area (Å²) in [6.45, 7) is 6.51. The zero-order valence-corrected chi connectivity index (χ0v) is 14.0. The van der Waals surface area contributed by atoms with Gasteiger partial charge in [0.1, 0.15) is 0 Å². The van der Waals surface area contributed by atoms with Gasteiger partial charge in [-0.05, 0) is 74.9 Å². The van der Waals surface area contributed by atoms with Gasteiger partial charge in [0.15, 0.2) is 0 Å². The fraction of sp³-hybridized carbons (Fsp3) is 0.941. The van der Waals surface area contributed by atoms with Crippen molar-refractivity contribution in [3.63, 3.8) is 0 Å². The molecule has 1 N–H and O–H groups in total. The van der Waals surface area contributed by atoms with E-state index >= 15 is 0 Å². The average molecular weight is 295 g/mol. The molecule has 20 heavy (non-hydrogen) atoms. The fourth-order valence-electron chi connectivity index (χ4n) is 5.04. The minimum atomic E-state index is 0.102. The molecule has 4 aliphatic rings. The molecule has 4 rings (SSSR count). The molecule has 1 unspecified atom stereocenters. The van der Waals surface area contributed by atoms with Crippen molar-refractivity contribution in [2.45, 2.75) is 70.1 Å². The first-order valence-corrected chi connectivity index (χ1v) is 9.44. The van der Waals surface area contributed by atoms with Crippen LogP contribution in [0.5, 0.6) is 0 Å². The Kier molecular flexibility index (Phi) is 4.09. The van der Waals surface area contributed by atoms with Gasteiger partial charge < -0.3 is 5.32 Å². The summed E-state index contributed by atoms with van der Waals surface area (Å²) in [7, 11) is 0. The van der Waals surface area contributed by atoms with Crippen molar-refractivity contribution in [3.05, 3.63) is 0 Å². The zero-order valence-electron chi connectivity index (χ0n) is 13.2. The molecular weight excluding hydrogens is 266 g/mol. The van der Waals surface area contributed by atoms with E-state index in [1.54, 1.807) is 0 Å². The molecule has 2 nitrogen and oxygen atoms in total. The van der Waals surface area contributed by atoms with Gasteiger partial charge >= 0.3 is 0 Å². The van der Waals surface area contributed by atoms with Gasteiger partial charge in [0, 0.05) is 5.54 Å². The van der Waals surface area contributed by atoms with Crippen molar-refractivity contribution >= 4 is 17.7 Å². The summed E-state index contributed by atoms with van der Waals surface area (Å²) in [4.78, 5) is 12.5. The van der Waals surface area contributed by atoms with Crippen LogP contribution < -0.4 is 5.32 Å². The highest BCUT2D eigenvalue weighted by molar-refractivity contribution is 8.00. The van der Waals surface area contributed by atoms with Crippen LogP contribution in [0.1, 0.15) is 59.3 Å². The molecule has 0 aromatic rings. The van der Waals surface area contributed by atoms with E-state index in [1.165, 1.54) is 38.5 Å². The van der Waals surface area contributed by atoms with Gasteiger partial charge in [0.05, 0.1) is 5.25 Å². The quantitative estimate of drug-likeness (QED) is 0.834. The normalized spacial score (nSPS) is 40.1. The number of rotatable bonds is 5. The van der Waals surface area contributed by atoms with Gasteiger partial charge in [-0.2, -0.15) is 0 Å². The minimum Gasteiger partial charge on any atom is -0.350 e. The third kappa shape index (κ3) is 3.03. The highest BCUT2D eigenvalue weighted by Gasteiger charge is 2.51. The molecule has 0 radical (unpaired) electrons. The van der Waals surface area contributed by atoms with Crippen molar-refractivity contribution in [1.82, 2.24) is 5.32 Å². The van der Waals surface area contributed by atoms with Crippen LogP contribution in [0.3, 0.4) is 0 Å². The molecule has 4 fully saturated rings. The Morgan fingerprint density at radius 1 is 1.10 bits per heavy atom. The minimum absolute atomic E-state index is 0.102. The largest absolute Gasteiger partial charge is 0.350 e. The number of hydrogen-bond acceptors (Lipinski definition) is 2. The van der Waals surface area contributed by atoms with Crippen LogP contribution in [-0.4, -0.2) is 22.4 Å². The predicted molar refractivity (Wildman–Crippen MR) is 85.8 cm³/mol. The molecule has 4 bridgehead atoms. The maximum atomic E-state index is 12.5. The van der Waals surface area contributed by atoms with Gasteiger partial charge in [-0.3, -0.25) is 4.79 Å². The smallest absolute Gasteiger partial charge is 0.233 e. The van der Waals surface area contributed by atoms with E-state index < -0.39 is 0 Å². The van der Waals surface area contributed by atoms with Crippen molar-refractivity contribution < 1.29 is 4.79 Å². The highest BCUT2D eigenvalue weighted by atomic mass is 32.2. The molecule has 4 saturated carbocycles. The molecule has 114 valence electrons. The van der Waals surface area contributed by atoms with E-state index in [4.69, 9.17) is 0 Å². The van der Waals surface area contributed by atoms with E-state index in [2.05, 4.69) is 26.1 Å². The lowest BCUT2D eigenvalue weighted by Crippen LogP contribution is -2.60. The molecule has 3 heteroatoms. The SMILES string of the molecule is CC(C)CSC(C)C(=O)NC12CC3CC(CC(C3)C1)C2. The van der Waals surface area contributed by atoms with Crippen molar-refractivity contribution in [3.8, 4) is 0 Å². The van der Waals surface area contributed by atoms with Crippen molar-refractivity contribution in [2.24, 2.45) is 23.7 Å². The molecule has 4 aliphatic carbocycles. The number of carbonyl (C=O) groups is 1. The Morgan fingerprint density at radius 3 is 2.05 bits per heavy atom. The molecule has 1 atom stereocenters. The Balaban J connectivity index is 1.58. The second kappa shape index (κ2) is 5.55. The molecule has 0 aromatic carbocycles. The lowest BCUT2D eigenvalue weighted by Gasteiger charge is -2.57. The van der Waals surface area contributed by atoms with Crippen LogP contribution in [0.4, 0.5) is 0 Å². The standard InChI is InChI=1S/C17H29NOS/c1-11(2)10-20-12(3)16(19)18-17-7-13-4-14(8-17)6-15(5-13)9-17/h11-15H,4-10H2,1-3H3,(H,18,19). The number of nitrogens with one attached hydrogen (secondary N) is 1. The predicted octanol–water partition coefficient (Wildman–Crippen LogP) is 3.85. The molecule has 0 aliphatic heterocycles. The number of thioether (sulfide) groups is 1. The van der Waals surface area contributed by atoms with E-state index in [0.717, 1.165) is 23.5 Å². The van der Waals surface area contributed by atoms with Gasteiger partial charge in [-0.1, -0.05) is 13.8 Å². The monoisotopic (exact) mass is 295 g/mol. The second-order valence-electron chi connectivity index (χ2n) is 8.06. The maximum Gasteiger partial charge on any atom is 0.233 e. The number of amides is 1. The summed E-state index contributed by atoms with van der Waals surface area (Å²) in [6, 6.07) is 0.